The standard InChI is InChI=1S/C19H15F3N2O5S2/c1-12-9-16(30-17(12)18(26)23-11-13-5-3-2-4-6-13)24-8-7-14(10-15(24)25)29-31(27,28)19(20,21)22/h2-10H,11H2,1H3,(H,23,26). The van der Waals surface area contributed by atoms with E-state index in [0.717, 1.165) is 33.7 Å². The van der Waals surface area contributed by atoms with Crippen molar-refractivity contribution in [2.75, 3.05) is 0 Å². The van der Waals surface area contributed by atoms with Gasteiger partial charge >= 0.3 is 15.6 Å². The van der Waals surface area contributed by atoms with Crippen LogP contribution in [0.2, 0.25) is 0 Å². The van der Waals surface area contributed by atoms with E-state index >= 15 is 0 Å². The van der Waals surface area contributed by atoms with Crippen LogP contribution in [0.1, 0.15) is 20.8 Å². The monoisotopic (exact) mass is 472 g/mol. The van der Waals surface area contributed by atoms with Crippen LogP contribution in [-0.4, -0.2) is 24.4 Å². The third kappa shape index (κ3) is 5.14. The van der Waals surface area contributed by atoms with Crippen molar-refractivity contribution in [2.45, 2.75) is 19.0 Å². The molecule has 2 aromatic heterocycles. The number of carbonyl (C=O) groups is 1. The number of benzene rings is 1. The third-order valence-corrected chi connectivity index (χ3v) is 6.24. The van der Waals surface area contributed by atoms with Gasteiger partial charge in [0.2, 0.25) is 0 Å². The van der Waals surface area contributed by atoms with Gasteiger partial charge in [-0.1, -0.05) is 30.3 Å². The number of halogens is 3. The highest BCUT2D eigenvalue weighted by Gasteiger charge is 2.48. The van der Waals surface area contributed by atoms with Crippen LogP contribution in [0.4, 0.5) is 13.2 Å². The molecule has 3 aromatic rings. The SMILES string of the molecule is Cc1cc(-n2ccc(OS(=O)(=O)C(F)(F)F)cc2=O)sc1C(=O)NCc1ccccc1. The minimum atomic E-state index is -5.89. The van der Waals surface area contributed by atoms with E-state index in [1.165, 1.54) is 0 Å². The van der Waals surface area contributed by atoms with Crippen molar-refractivity contribution in [2.24, 2.45) is 0 Å². The van der Waals surface area contributed by atoms with Crippen LogP contribution < -0.4 is 15.1 Å². The lowest BCUT2D eigenvalue weighted by Crippen LogP contribution is -2.28. The highest BCUT2D eigenvalue weighted by molar-refractivity contribution is 7.88. The first-order valence-electron chi connectivity index (χ1n) is 8.64. The van der Waals surface area contributed by atoms with Crippen molar-refractivity contribution in [1.29, 1.82) is 0 Å². The molecule has 1 aromatic carbocycles. The van der Waals surface area contributed by atoms with E-state index in [2.05, 4.69) is 9.50 Å². The van der Waals surface area contributed by atoms with Gasteiger partial charge in [0.15, 0.2) is 0 Å². The summed E-state index contributed by atoms with van der Waals surface area (Å²) in [5, 5.41) is 3.11. The van der Waals surface area contributed by atoms with Gasteiger partial charge in [-0.15, -0.1) is 11.3 Å². The lowest BCUT2D eigenvalue weighted by atomic mass is 10.2. The van der Waals surface area contributed by atoms with Crippen molar-refractivity contribution >= 4 is 27.4 Å². The molecule has 12 heteroatoms. The topological polar surface area (TPSA) is 94.5 Å². The molecule has 1 N–H and O–H groups in total. The summed E-state index contributed by atoms with van der Waals surface area (Å²) in [5.74, 6) is -1.12. The van der Waals surface area contributed by atoms with Crippen LogP contribution in [0, 0.1) is 6.92 Å². The van der Waals surface area contributed by atoms with E-state index in [0.29, 0.717) is 28.1 Å². The Morgan fingerprint density at radius 1 is 1.16 bits per heavy atom. The summed E-state index contributed by atoms with van der Waals surface area (Å²) in [5.41, 5.74) is -4.94. The summed E-state index contributed by atoms with van der Waals surface area (Å²) in [7, 11) is -5.89. The van der Waals surface area contributed by atoms with Gasteiger partial charge in [0.25, 0.3) is 11.5 Å². The fourth-order valence-corrected chi connectivity index (χ4v) is 4.07. The number of amides is 1. The third-order valence-electron chi connectivity index (χ3n) is 4.02. The zero-order valence-corrected chi connectivity index (χ0v) is 17.5. The Hall–Kier alpha value is -3.12. The highest BCUT2D eigenvalue weighted by Crippen LogP contribution is 2.28. The Bertz CT molecular complexity index is 1270. The molecule has 3 rings (SSSR count). The molecule has 0 saturated carbocycles. The van der Waals surface area contributed by atoms with Crippen LogP contribution in [-0.2, 0) is 16.7 Å². The number of alkyl halides is 3. The molecule has 0 radical (unpaired) electrons. The van der Waals surface area contributed by atoms with Gasteiger partial charge in [0.1, 0.15) is 10.8 Å². The molecule has 0 aliphatic carbocycles. The van der Waals surface area contributed by atoms with Crippen LogP contribution in [0.25, 0.3) is 5.00 Å². The largest absolute Gasteiger partial charge is 0.534 e. The quantitative estimate of drug-likeness (QED) is 0.439. The average Bonchev–Trinajstić information content (AvgIpc) is 3.07. The molecule has 164 valence electrons. The zero-order valence-electron chi connectivity index (χ0n) is 15.8. The van der Waals surface area contributed by atoms with Gasteiger partial charge in [0, 0.05) is 18.8 Å². The molecule has 1 amide bonds. The number of thiophene rings is 1. The van der Waals surface area contributed by atoms with Crippen molar-refractivity contribution in [3.05, 3.63) is 81.1 Å². The number of nitrogens with zero attached hydrogens (tertiary/aromatic N) is 1. The smallest absolute Gasteiger partial charge is 0.376 e. The number of nitrogens with one attached hydrogen (secondary N) is 1. The highest BCUT2D eigenvalue weighted by atomic mass is 32.2. The number of pyridine rings is 1. The van der Waals surface area contributed by atoms with Gasteiger partial charge in [-0.2, -0.15) is 21.6 Å². The summed E-state index contributed by atoms with van der Waals surface area (Å²) < 4.78 is 64.4. The Labute approximate surface area is 178 Å². The Kier molecular flexibility index (Phi) is 6.23. The molecule has 0 spiro atoms. The summed E-state index contributed by atoms with van der Waals surface area (Å²) in [6.45, 7) is 1.99. The van der Waals surface area contributed by atoms with Crippen LogP contribution in [0.5, 0.6) is 5.75 Å². The van der Waals surface area contributed by atoms with Crippen molar-refractivity contribution in [3.63, 3.8) is 0 Å². The zero-order chi connectivity index (χ0) is 22.8. The summed E-state index contributed by atoms with van der Waals surface area (Å²) >= 11 is 1.01. The van der Waals surface area contributed by atoms with E-state index in [1.54, 1.807) is 13.0 Å². The van der Waals surface area contributed by atoms with Gasteiger partial charge in [-0.3, -0.25) is 14.2 Å². The van der Waals surface area contributed by atoms with E-state index in [9.17, 15) is 31.2 Å². The molecular formula is C19H15F3N2O5S2. The predicted molar refractivity (Wildman–Crippen MR) is 108 cm³/mol. The number of carbonyl (C=O) groups excluding carboxylic acids is 1. The number of aryl methyl sites for hydroxylation is 1. The average molecular weight is 472 g/mol. The molecule has 31 heavy (non-hydrogen) atoms. The second-order valence-electron chi connectivity index (χ2n) is 6.32. The first-order chi connectivity index (χ1) is 14.5. The minimum Gasteiger partial charge on any atom is -0.376 e. The van der Waals surface area contributed by atoms with E-state index in [4.69, 9.17) is 0 Å². The number of rotatable bonds is 6. The van der Waals surface area contributed by atoms with E-state index in [-0.39, 0.29) is 5.91 Å². The molecule has 0 saturated heterocycles. The minimum absolute atomic E-state index is 0.312. The number of aromatic nitrogens is 1. The lowest BCUT2D eigenvalue weighted by molar-refractivity contribution is -0.0500. The van der Waals surface area contributed by atoms with Gasteiger partial charge in [-0.25, -0.2) is 0 Å². The molecule has 7 nitrogen and oxygen atoms in total. The maximum atomic E-state index is 12.5. The van der Waals surface area contributed by atoms with Crippen molar-refractivity contribution in [1.82, 2.24) is 9.88 Å². The molecule has 0 fully saturated rings. The summed E-state index contributed by atoms with van der Waals surface area (Å²) in [6.07, 6.45) is 1.07. The molecule has 0 bridgehead atoms. The summed E-state index contributed by atoms with van der Waals surface area (Å²) in [4.78, 5) is 25.1. The normalized spacial score (nSPS) is 11.9. The Morgan fingerprint density at radius 2 is 1.84 bits per heavy atom. The number of hydrogen-bond donors (Lipinski definition) is 1. The molecule has 0 unspecified atom stereocenters. The van der Waals surface area contributed by atoms with E-state index < -0.39 is 26.9 Å². The molecule has 0 aliphatic rings. The second kappa shape index (κ2) is 8.55. The fraction of sp³-hybridized carbons (Fsp3) is 0.158. The first kappa shape index (κ1) is 22.6. The Morgan fingerprint density at radius 3 is 2.45 bits per heavy atom. The van der Waals surface area contributed by atoms with Gasteiger partial charge in [0.05, 0.1) is 4.88 Å². The van der Waals surface area contributed by atoms with Gasteiger partial charge in [-0.05, 0) is 30.2 Å². The first-order valence-corrected chi connectivity index (χ1v) is 10.9. The van der Waals surface area contributed by atoms with E-state index in [1.807, 2.05) is 30.3 Å². The van der Waals surface area contributed by atoms with Crippen molar-refractivity contribution < 1.29 is 30.6 Å². The maximum Gasteiger partial charge on any atom is 0.534 e. The maximum absolute atomic E-state index is 12.5. The number of hydrogen-bond acceptors (Lipinski definition) is 6. The van der Waals surface area contributed by atoms with Crippen LogP contribution >= 0.6 is 11.3 Å². The van der Waals surface area contributed by atoms with Gasteiger partial charge < -0.3 is 9.50 Å². The Balaban J connectivity index is 1.79. The van der Waals surface area contributed by atoms with Crippen LogP contribution in [0.15, 0.2) is 59.5 Å². The molecule has 0 aliphatic heterocycles. The summed E-state index contributed by atoms with van der Waals surface area (Å²) in [6, 6.07) is 12.3. The fourth-order valence-electron chi connectivity index (χ4n) is 2.54. The lowest BCUT2D eigenvalue weighted by Gasteiger charge is -2.09. The molecule has 0 atom stereocenters. The molecular weight excluding hydrogens is 457 g/mol. The predicted octanol–water partition coefficient (Wildman–Crippen LogP) is 3.37. The molecule has 2 heterocycles. The van der Waals surface area contributed by atoms with Crippen LogP contribution in [0.3, 0.4) is 0 Å². The van der Waals surface area contributed by atoms with Crippen molar-refractivity contribution in [3.8, 4) is 10.8 Å². The second-order valence-corrected chi connectivity index (χ2v) is 8.89.